The zero-order valence-corrected chi connectivity index (χ0v) is 17.3. The van der Waals surface area contributed by atoms with Gasteiger partial charge in [0.2, 0.25) is 0 Å². The lowest BCUT2D eigenvalue weighted by atomic mass is 10.0. The quantitative estimate of drug-likeness (QED) is 0.702. The number of nitrogens with zero attached hydrogens (tertiary/aromatic N) is 1. The molecule has 8 heteroatoms. The topological polar surface area (TPSA) is 33.7 Å². The highest BCUT2D eigenvalue weighted by Crippen LogP contribution is 2.35. The van der Waals surface area contributed by atoms with Crippen LogP contribution in [0.25, 0.3) is 0 Å². The van der Waals surface area contributed by atoms with Crippen molar-refractivity contribution in [2.24, 2.45) is 0 Å². The second-order valence-electron chi connectivity index (χ2n) is 6.25. The second-order valence-corrected chi connectivity index (χ2v) is 6.25. The van der Waals surface area contributed by atoms with Crippen LogP contribution in [-0.2, 0) is 6.61 Å². The van der Waals surface area contributed by atoms with E-state index in [4.69, 9.17) is 9.47 Å². The molecule has 0 spiro atoms. The minimum atomic E-state index is -2.47. The van der Waals surface area contributed by atoms with Gasteiger partial charge in [-0.15, -0.1) is 24.8 Å². The number of hydrogen-bond acceptors (Lipinski definition) is 4. The first kappa shape index (κ1) is 24.4. The number of hydrogen-bond donors (Lipinski definition) is 1. The van der Waals surface area contributed by atoms with E-state index in [2.05, 4.69) is 5.32 Å². The van der Waals surface area contributed by atoms with Crippen LogP contribution in [-0.4, -0.2) is 44.6 Å². The Hall–Kier alpha value is -1.60. The Balaban J connectivity index is 0.00000196. The third-order valence-electron chi connectivity index (χ3n) is 4.55. The minimum absolute atomic E-state index is 0. The lowest BCUT2D eigenvalue weighted by Crippen LogP contribution is -2.46. The van der Waals surface area contributed by atoms with Gasteiger partial charge in [-0.2, -0.15) is 0 Å². The van der Waals surface area contributed by atoms with Crippen molar-refractivity contribution in [1.82, 2.24) is 10.2 Å². The van der Waals surface area contributed by atoms with E-state index in [1.165, 1.54) is 0 Å². The summed E-state index contributed by atoms with van der Waals surface area (Å²) in [5.74, 6) is 1.02. The molecule has 2 aromatic carbocycles. The number of halogens is 4. The molecular weight excluding hydrogens is 409 g/mol. The smallest absolute Gasteiger partial charge is 0.258 e. The van der Waals surface area contributed by atoms with E-state index in [1.807, 2.05) is 35.2 Å². The van der Waals surface area contributed by atoms with Crippen molar-refractivity contribution in [2.75, 3.05) is 33.3 Å². The Labute approximate surface area is 177 Å². The van der Waals surface area contributed by atoms with E-state index in [-0.39, 0.29) is 24.8 Å². The molecule has 4 nitrogen and oxygen atoms in total. The molecule has 1 N–H and O–H groups in total. The van der Waals surface area contributed by atoms with Gasteiger partial charge in [0.05, 0.1) is 13.2 Å². The highest BCUT2D eigenvalue weighted by molar-refractivity contribution is 5.85. The monoisotopic (exact) mass is 434 g/mol. The first-order chi connectivity index (χ1) is 12.7. The van der Waals surface area contributed by atoms with Gasteiger partial charge in [-0.05, 0) is 23.3 Å². The molecule has 1 heterocycles. The maximum Gasteiger partial charge on any atom is 0.258 e. The van der Waals surface area contributed by atoms with Crippen LogP contribution in [0.15, 0.2) is 48.5 Å². The Morgan fingerprint density at radius 2 is 1.68 bits per heavy atom. The standard InChI is InChI=1S/C20H24F2N2O2.2ClH/c1-25-17-8-7-16(19(20(21)22)24-11-9-23-10-12-24)13-18(17)26-14-15-5-3-2-4-6-15;;/h2-8,13,19-20,23H,9-12,14H2,1H3;2*1H/t19-;;/m0../s1. The van der Waals surface area contributed by atoms with Crippen LogP contribution >= 0.6 is 24.8 Å². The van der Waals surface area contributed by atoms with Gasteiger partial charge in [-0.25, -0.2) is 8.78 Å². The second kappa shape index (κ2) is 12.1. The maximum atomic E-state index is 13.8. The van der Waals surface area contributed by atoms with Crippen LogP contribution in [0.1, 0.15) is 17.2 Å². The zero-order chi connectivity index (χ0) is 18.4. The molecule has 2 aromatic rings. The Morgan fingerprint density at radius 1 is 1.00 bits per heavy atom. The summed E-state index contributed by atoms with van der Waals surface area (Å²) in [6, 6.07) is 13.9. The fourth-order valence-corrected chi connectivity index (χ4v) is 3.20. The Bertz CT molecular complexity index is 702. The average molecular weight is 435 g/mol. The normalized spacial score (nSPS) is 15.3. The summed E-state index contributed by atoms with van der Waals surface area (Å²) >= 11 is 0. The van der Waals surface area contributed by atoms with E-state index in [0.717, 1.165) is 18.7 Å². The average Bonchev–Trinajstić information content (AvgIpc) is 2.68. The van der Waals surface area contributed by atoms with Gasteiger partial charge >= 0.3 is 0 Å². The van der Waals surface area contributed by atoms with Gasteiger partial charge in [0.1, 0.15) is 6.61 Å². The molecule has 1 saturated heterocycles. The number of rotatable bonds is 7. The van der Waals surface area contributed by atoms with Crippen LogP contribution in [0.2, 0.25) is 0 Å². The molecule has 0 unspecified atom stereocenters. The molecule has 1 fully saturated rings. The third kappa shape index (κ3) is 6.21. The SMILES string of the molecule is COc1ccc([C@@H](C(F)F)N2CCNCC2)cc1OCc1ccccc1.Cl.Cl. The lowest BCUT2D eigenvalue weighted by Gasteiger charge is -2.34. The molecule has 1 atom stereocenters. The summed E-state index contributed by atoms with van der Waals surface area (Å²) in [5.41, 5.74) is 1.55. The van der Waals surface area contributed by atoms with Gasteiger partial charge in [0.25, 0.3) is 6.43 Å². The highest BCUT2D eigenvalue weighted by atomic mass is 35.5. The van der Waals surface area contributed by atoms with Crippen molar-refractivity contribution in [3.63, 3.8) is 0 Å². The van der Waals surface area contributed by atoms with E-state index in [9.17, 15) is 8.78 Å². The molecule has 0 bridgehead atoms. The maximum absolute atomic E-state index is 13.8. The number of ether oxygens (including phenoxy) is 2. The van der Waals surface area contributed by atoms with Crippen LogP contribution in [0.5, 0.6) is 11.5 Å². The van der Waals surface area contributed by atoms with Crippen molar-refractivity contribution >= 4 is 24.8 Å². The number of nitrogens with one attached hydrogen (secondary N) is 1. The summed E-state index contributed by atoms with van der Waals surface area (Å²) in [6.45, 7) is 2.99. The first-order valence-corrected chi connectivity index (χ1v) is 8.76. The predicted octanol–water partition coefficient (Wildman–Crippen LogP) is 4.33. The molecule has 28 heavy (non-hydrogen) atoms. The van der Waals surface area contributed by atoms with E-state index < -0.39 is 12.5 Å². The van der Waals surface area contributed by atoms with E-state index in [0.29, 0.717) is 36.8 Å². The van der Waals surface area contributed by atoms with Crippen molar-refractivity contribution in [3.05, 3.63) is 59.7 Å². The summed E-state index contributed by atoms with van der Waals surface area (Å²) in [7, 11) is 1.55. The van der Waals surface area contributed by atoms with E-state index in [1.54, 1.807) is 25.3 Å². The van der Waals surface area contributed by atoms with Crippen LogP contribution in [0.4, 0.5) is 8.78 Å². The fraction of sp³-hybridized carbons (Fsp3) is 0.400. The van der Waals surface area contributed by atoms with E-state index >= 15 is 0 Å². The lowest BCUT2D eigenvalue weighted by molar-refractivity contribution is 0.0180. The number of piperazine rings is 1. The number of benzene rings is 2. The Kier molecular flexibility index (Phi) is 10.5. The molecule has 156 valence electrons. The van der Waals surface area contributed by atoms with Crippen molar-refractivity contribution < 1.29 is 18.3 Å². The Morgan fingerprint density at radius 3 is 2.29 bits per heavy atom. The largest absolute Gasteiger partial charge is 0.493 e. The fourth-order valence-electron chi connectivity index (χ4n) is 3.20. The van der Waals surface area contributed by atoms with Crippen molar-refractivity contribution in [2.45, 2.75) is 19.1 Å². The third-order valence-corrected chi connectivity index (χ3v) is 4.55. The van der Waals surface area contributed by atoms with Crippen LogP contribution in [0, 0.1) is 0 Å². The minimum Gasteiger partial charge on any atom is -0.493 e. The molecule has 3 rings (SSSR count). The first-order valence-electron chi connectivity index (χ1n) is 8.76. The number of methoxy groups -OCH3 is 1. The van der Waals surface area contributed by atoms with Crippen molar-refractivity contribution in [1.29, 1.82) is 0 Å². The zero-order valence-electron chi connectivity index (χ0n) is 15.6. The highest BCUT2D eigenvalue weighted by Gasteiger charge is 2.30. The number of alkyl halides is 2. The van der Waals surface area contributed by atoms with Gasteiger partial charge in [-0.3, -0.25) is 4.90 Å². The van der Waals surface area contributed by atoms with Gasteiger partial charge in [0, 0.05) is 26.2 Å². The molecule has 0 amide bonds. The summed E-state index contributed by atoms with van der Waals surface area (Å²) in [5, 5.41) is 3.20. The van der Waals surface area contributed by atoms with Crippen LogP contribution in [0.3, 0.4) is 0 Å². The molecular formula is C20H26Cl2F2N2O2. The van der Waals surface area contributed by atoms with Gasteiger partial charge < -0.3 is 14.8 Å². The van der Waals surface area contributed by atoms with Gasteiger partial charge in [0.15, 0.2) is 11.5 Å². The van der Waals surface area contributed by atoms with Crippen molar-refractivity contribution in [3.8, 4) is 11.5 Å². The molecule has 1 aliphatic heterocycles. The molecule has 0 aliphatic carbocycles. The summed E-state index contributed by atoms with van der Waals surface area (Å²) in [6.07, 6.45) is -2.47. The predicted molar refractivity (Wildman–Crippen MR) is 111 cm³/mol. The molecule has 0 aromatic heterocycles. The molecule has 1 aliphatic rings. The molecule has 0 saturated carbocycles. The molecule has 0 radical (unpaired) electrons. The summed E-state index contributed by atoms with van der Waals surface area (Å²) < 4.78 is 38.8. The van der Waals surface area contributed by atoms with Crippen LogP contribution < -0.4 is 14.8 Å². The summed E-state index contributed by atoms with van der Waals surface area (Å²) in [4.78, 5) is 1.82. The van der Waals surface area contributed by atoms with Gasteiger partial charge in [-0.1, -0.05) is 36.4 Å².